The molecule has 0 radical (unpaired) electrons. The van der Waals surface area contributed by atoms with Crippen molar-refractivity contribution in [1.82, 2.24) is 19.6 Å². The summed E-state index contributed by atoms with van der Waals surface area (Å²) in [6, 6.07) is 0. The Labute approximate surface area is 117 Å². The van der Waals surface area contributed by atoms with Gasteiger partial charge in [0.2, 0.25) is 10.0 Å². The Morgan fingerprint density at radius 3 is 2.75 bits per heavy atom. The number of aromatic nitrogens is 2. The molecular formula is C12H16N4O3S. The van der Waals surface area contributed by atoms with Crippen molar-refractivity contribution in [3.05, 3.63) is 23.8 Å². The zero-order valence-corrected chi connectivity index (χ0v) is 12.1. The van der Waals surface area contributed by atoms with Gasteiger partial charge < -0.3 is 5.32 Å². The number of carbonyl (C=O) groups excluding carboxylic acids is 1. The molecule has 2 aliphatic rings. The largest absolute Gasteiger partial charge is 0.344 e. The fourth-order valence-corrected chi connectivity index (χ4v) is 3.60. The van der Waals surface area contributed by atoms with Gasteiger partial charge in [-0.05, 0) is 19.3 Å². The molecule has 1 aliphatic carbocycles. The summed E-state index contributed by atoms with van der Waals surface area (Å²) < 4.78 is 24.5. The van der Waals surface area contributed by atoms with E-state index in [1.165, 1.54) is 23.0 Å². The molecule has 1 saturated carbocycles. The zero-order chi connectivity index (χ0) is 14.5. The van der Waals surface area contributed by atoms with Gasteiger partial charge in [-0.15, -0.1) is 0 Å². The first-order valence-corrected chi connectivity index (χ1v) is 8.21. The second-order valence-electron chi connectivity index (χ2n) is 5.61. The molecule has 1 amide bonds. The maximum atomic E-state index is 12.1. The SMILES string of the molecule is Cc1cnc(C(=O)N[C@]23C[C@@H]2CN(S(C)(=O)=O)C3)cn1. The second-order valence-corrected chi connectivity index (χ2v) is 7.59. The summed E-state index contributed by atoms with van der Waals surface area (Å²) in [5.74, 6) is -0.0880. The van der Waals surface area contributed by atoms with Gasteiger partial charge >= 0.3 is 0 Å². The van der Waals surface area contributed by atoms with Crippen molar-refractivity contribution in [2.75, 3.05) is 19.3 Å². The van der Waals surface area contributed by atoms with Gasteiger partial charge in [0.05, 0.1) is 23.7 Å². The highest BCUT2D eigenvalue weighted by molar-refractivity contribution is 7.88. The average molecular weight is 296 g/mol. The minimum absolute atomic E-state index is 0.208. The molecule has 0 bridgehead atoms. The first-order valence-electron chi connectivity index (χ1n) is 6.36. The predicted octanol–water partition coefficient (Wildman–Crippen LogP) is -0.451. The number of fused-ring (bicyclic) bond motifs is 1. The third kappa shape index (κ3) is 2.29. The monoisotopic (exact) mass is 296 g/mol. The number of rotatable bonds is 3. The van der Waals surface area contributed by atoms with Gasteiger partial charge in [0.25, 0.3) is 5.91 Å². The van der Waals surface area contributed by atoms with Crippen LogP contribution in [0.15, 0.2) is 12.4 Å². The van der Waals surface area contributed by atoms with E-state index in [1.807, 2.05) is 0 Å². The Hall–Kier alpha value is -1.54. The first-order chi connectivity index (χ1) is 9.30. The maximum absolute atomic E-state index is 12.1. The quantitative estimate of drug-likeness (QED) is 0.815. The Kier molecular flexibility index (Phi) is 2.84. The highest BCUT2D eigenvalue weighted by atomic mass is 32.2. The molecule has 2 heterocycles. The van der Waals surface area contributed by atoms with Crippen LogP contribution in [-0.2, 0) is 10.0 Å². The van der Waals surface area contributed by atoms with Crippen molar-refractivity contribution in [1.29, 1.82) is 0 Å². The molecule has 8 heteroatoms. The number of amides is 1. The molecule has 3 rings (SSSR count). The van der Waals surface area contributed by atoms with Gasteiger partial charge in [-0.25, -0.2) is 13.4 Å². The van der Waals surface area contributed by atoms with Crippen LogP contribution in [0.25, 0.3) is 0 Å². The Morgan fingerprint density at radius 1 is 1.45 bits per heavy atom. The lowest BCUT2D eigenvalue weighted by atomic mass is 10.2. The van der Waals surface area contributed by atoms with Crippen LogP contribution in [0.3, 0.4) is 0 Å². The number of nitrogens with one attached hydrogen (secondary N) is 1. The van der Waals surface area contributed by atoms with Gasteiger partial charge in [0.1, 0.15) is 5.69 Å². The number of carbonyl (C=O) groups is 1. The summed E-state index contributed by atoms with van der Waals surface area (Å²) in [6.45, 7) is 2.63. The lowest BCUT2D eigenvalue weighted by molar-refractivity contribution is 0.0924. The summed E-state index contributed by atoms with van der Waals surface area (Å²) in [6.07, 6.45) is 4.99. The third-order valence-electron chi connectivity index (χ3n) is 3.96. The Morgan fingerprint density at radius 2 is 2.20 bits per heavy atom. The fraction of sp³-hybridized carbons (Fsp3) is 0.583. The fourth-order valence-electron chi connectivity index (χ4n) is 2.68. The molecule has 1 aromatic heterocycles. The standard InChI is InChI=1S/C12H16N4O3S/c1-8-4-14-10(5-13-8)11(17)15-12-3-9(12)6-16(7-12)20(2,18)19/h4-5,9H,3,6-7H2,1-2H3,(H,15,17)/t9-,12+/m1/s1. The first kappa shape index (κ1) is 13.4. The number of hydrogen-bond acceptors (Lipinski definition) is 5. The second kappa shape index (κ2) is 4.23. The van der Waals surface area contributed by atoms with E-state index in [0.717, 1.165) is 12.1 Å². The van der Waals surface area contributed by atoms with E-state index < -0.39 is 15.6 Å². The molecule has 0 unspecified atom stereocenters. The van der Waals surface area contributed by atoms with E-state index in [4.69, 9.17) is 0 Å². The van der Waals surface area contributed by atoms with Gasteiger partial charge in [-0.1, -0.05) is 0 Å². The Bertz CT molecular complexity index is 658. The number of aryl methyl sites for hydroxylation is 1. The van der Waals surface area contributed by atoms with Crippen molar-refractivity contribution in [2.45, 2.75) is 18.9 Å². The number of piperidine rings is 1. The van der Waals surface area contributed by atoms with Crippen molar-refractivity contribution in [2.24, 2.45) is 5.92 Å². The molecule has 2 fully saturated rings. The highest BCUT2D eigenvalue weighted by Crippen LogP contribution is 2.50. The maximum Gasteiger partial charge on any atom is 0.271 e. The third-order valence-corrected chi connectivity index (χ3v) is 5.18. The molecule has 2 atom stereocenters. The summed E-state index contributed by atoms with van der Waals surface area (Å²) in [4.78, 5) is 20.2. The van der Waals surface area contributed by atoms with E-state index in [2.05, 4.69) is 15.3 Å². The van der Waals surface area contributed by atoms with Crippen LogP contribution in [0.1, 0.15) is 22.6 Å². The summed E-state index contributed by atoms with van der Waals surface area (Å²) in [5.41, 5.74) is 0.591. The smallest absolute Gasteiger partial charge is 0.271 e. The van der Waals surface area contributed by atoms with Gasteiger partial charge in [0, 0.05) is 19.3 Å². The number of hydrogen-bond donors (Lipinski definition) is 1. The van der Waals surface area contributed by atoms with Crippen LogP contribution in [0.5, 0.6) is 0 Å². The van der Waals surface area contributed by atoms with Crippen LogP contribution < -0.4 is 5.32 Å². The predicted molar refractivity (Wildman–Crippen MR) is 71.5 cm³/mol. The molecule has 1 aromatic rings. The van der Waals surface area contributed by atoms with Crippen LogP contribution in [0, 0.1) is 12.8 Å². The lowest BCUT2D eigenvalue weighted by Gasteiger charge is -2.19. The van der Waals surface area contributed by atoms with Gasteiger partial charge in [-0.3, -0.25) is 9.78 Å². The normalized spacial score (nSPS) is 29.0. The van der Waals surface area contributed by atoms with Crippen molar-refractivity contribution >= 4 is 15.9 Å². The molecule has 1 aliphatic heterocycles. The summed E-state index contributed by atoms with van der Waals surface area (Å²) in [7, 11) is -3.20. The van der Waals surface area contributed by atoms with Crippen molar-refractivity contribution < 1.29 is 13.2 Å². The van der Waals surface area contributed by atoms with E-state index in [1.54, 1.807) is 6.92 Å². The minimum atomic E-state index is -3.20. The van der Waals surface area contributed by atoms with Crippen LogP contribution in [0.2, 0.25) is 0 Å². The number of nitrogens with zero attached hydrogens (tertiary/aromatic N) is 3. The molecule has 1 N–H and O–H groups in total. The number of sulfonamides is 1. The van der Waals surface area contributed by atoms with Gasteiger partial charge in [-0.2, -0.15) is 4.31 Å². The van der Waals surface area contributed by atoms with E-state index >= 15 is 0 Å². The molecule has 108 valence electrons. The molecule has 7 nitrogen and oxygen atoms in total. The van der Waals surface area contributed by atoms with E-state index in [-0.39, 0.29) is 17.5 Å². The van der Waals surface area contributed by atoms with Crippen molar-refractivity contribution in [3.8, 4) is 0 Å². The summed E-state index contributed by atoms with van der Waals surface area (Å²) in [5, 5.41) is 2.92. The topological polar surface area (TPSA) is 92.3 Å². The van der Waals surface area contributed by atoms with Gasteiger partial charge in [0.15, 0.2) is 0 Å². The lowest BCUT2D eigenvalue weighted by Crippen LogP contribution is -2.43. The van der Waals surface area contributed by atoms with Crippen LogP contribution in [0.4, 0.5) is 0 Å². The molecular weight excluding hydrogens is 280 g/mol. The molecule has 0 aromatic carbocycles. The van der Waals surface area contributed by atoms with E-state index in [0.29, 0.717) is 13.1 Å². The summed E-state index contributed by atoms with van der Waals surface area (Å²) >= 11 is 0. The van der Waals surface area contributed by atoms with Crippen LogP contribution >= 0.6 is 0 Å². The molecule has 20 heavy (non-hydrogen) atoms. The highest BCUT2D eigenvalue weighted by Gasteiger charge is 2.62. The molecule has 0 spiro atoms. The van der Waals surface area contributed by atoms with Crippen molar-refractivity contribution in [3.63, 3.8) is 0 Å². The van der Waals surface area contributed by atoms with Crippen LogP contribution in [-0.4, -0.2) is 53.5 Å². The minimum Gasteiger partial charge on any atom is -0.344 e. The zero-order valence-electron chi connectivity index (χ0n) is 11.3. The molecule has 1 saturated heterocycles. The van der Waals surface area contributed by atoms with E-state index in [9.17, 15) is 13.2 Å². The Balaban J connectivity index is 1.70. The average Bonchev–Trinajstić information content (AvgIpc) is 2.89.